The van der Waals surface area contributed by atoms with Crippen LogP contribution in [-0.2, 0) is 12.8 Å². The summed E-state index contributed by atoms with van der Waals surface area (Å²) < 4.78 is 1.88. The van der Waals surface area contributed by atoms with Crippen LogP contribution in [0.15, 0.2) is 58.4 Å². The molecule has 1 aromatic carbocycles. The van der Waals surface area contributed by atoms with E-state index in [4.69, 9.17) is 0 Å². The summed E-state index contributed by atoms with van der Waals surface area (Å²) in [5.74, 6) is 0.560. The third-order valence-electron chi connectivity index (χ3n) is 3.69. The molecule has 26 heavy (non-hydrogen) atoms. The number of hydrazone groups is 1. The molecule has 0 saturated carbocycles. The van der Waals surface area contributed by atoms with Crippen molar-refractivity contribution in [2.45, 2.75) is 24.3 Å². The molecule has 2 aromatic heterocycles. The number of carbonyl (C=O) groups excluding carboxylic acids is 1. The minimum absolute atomic E-state index is 0.208. The van der Waals surface area contributed by atoms with Gasteiger partial charge >= 0.3 is 0 Å². The summed E-state index contributed by atoms with van der Waals surface area (Å²) in [7, 11) is 1.91. The number of hydrogen-bond acceptors (Lipinski definition) is 6. The van der Waals surface area contributed by atoms with E-state index in [0.29, 0.717) is 5.56 Å². The van der Waals surface area contributed by atoms with Crippen molar-refractivity contribution < 1.29 is 4.79 Å². The second kappa shape index (κ2) is 8.77. The Labute approximate surface area is 160 Å². The van der Waals surface area contributed by atoms with Crippen molar-refractivity contribution in [2.24, 2.45) is 12.1 Å². The summed E-state index contributed by atoms with van der Waals surface area (Å²) in [6.07, 6.45) is 2.44. The zero-order valence-corrected chi connectivity index (χ0v) is 16.2. The molecule has 3 aromatic rings. The fourth-order valence-electron chi connectivity index (χ4n) is 2.24. The maximum absolute atomic E-state index is 12.3. The number of nitrogens with one attached hydrogen (secondary N) is 1. The van der Waals surface area contributed by atoms with Gasteiger partial charge in [-0.25, -0.2) is 5.43 Å². The molecular formula is C18H19N5OS2. The Morgan fingerprint density at radius 2 is 2.12 bits per heavy atom. The Balaban J connectivity index is 1.59. The molecule has 0 unspecified atom stereocenters. The number of aryl methyl sites for hydroxylation is 1. The first-order chi connectivity index (χ1) is 12.7. The highest BCUT2D eigenvalue weighted by Crippen LogP contribution is 2.20. The van der Waals surface area contributed by atoms with Crippen molar-refractivity contribution in [1.29, 1.82) is 0 Å². The van der Waals surface area contributed by atoms with Gasteiger partial charge in [-0.3, -0.25) is 4.79 Å². The molecule has 0 spiro atoms. The smallest absolute Gasteiger partial charge is 0.271 e. The van der Waals surface area contributed by atoms with Gasteiger partial charge in [0.05, 0.1) is 10.6 Å². The minimum Gasteiger partial charge on any atom is -0.312 e. The monoisotopic (exact) mass is 385 g/mol. The van der Waals surface area contributed by atoms with E-state index in [0.717, 1.165) is 33.5 Å². The highest BCUT2D eigenvalue weighted by molar-refractivity contribution is 7.98. The lowest BCUT2D eigenvalue weighted by molar-refractivity contribution is 0.0955. The number of aromatic nitrogens is 3. The predicted octanol–water partition coefficient (Wildman–Crippen LogP) is 3.71. The normalized spacial score (nSPS) is 11.5. The summed E-state index contributed by atoms with van der Waals surface area (Å²) in [6.45, 7) is 2.02. The third-order valence-corrected chi connectivity index (χ3v) is 5.71. The quantitative estimate of drug-likeness (QED) is 0.382. The van der Waals surface area contributed by atoms with Crippen molar-refractivity contribution in [1.82, 2.24) is 20.2 Å². The van der Waals surface area contributed by atoms with Crippen LogP contribution in [0.2, 0.25) is 0 Å². The van der Waals surface area contributed by atoms with Crippen molar-refractivity contribution in [3.8, 4) is 0 Å². The van der Waals surface area contributed by atoms with Gasteiger partial charge in [0.15, 0.2) is 5.16 Å². The lowest BCUT2D eigenvalue weighted by Gasteiger charge is -2.05. The van der Waals surface area contributed by atoms with Gasteiger partial charge in [-0.1, -0.05) is 36.9 Å². The summed E-state index contributed by atoms with van der Waals surface area (Å²) in [5, 5.41) is 15.0. The van der Waals surface area contributed by atoms with Crippen LogP contribution in [0.3, 0.4) is 0 Å². The highest BCUT2D eigenvalue weighted by Gasteiger charge is 2.08. The van der Waals surface area contributed by atoms with Crippen LogP contribution in [0.5, 0.6) is 0 Å². The second-order valence-electron chi connectivity index (χ2n) is 5.54. The maximum atomic E-state index is 12.3. The Morgan fingerprint density at radius 1 is 1.31 bits per heavy atom. The fraction of sp³-hybridized carbons (Fsp3) is 0.222. The molecule has 8 heteroatoms. The molecule has 0 aliphatic heterocycles. The molecule has 0 bridgehead atoms. The molecule has 6 nitrogen and oxygen atoms in total. The minimum atomic E-state index is -0.208. The molecule has 0 fully saturated rings. The van der Waals surface area contributed by atoms with Crippen molar-refractivity contribution in [3.63, 3.8) is 0 Å². The topological polar surface area (TPSA) is 72.2 Å². The van der Waals surface area contributed by atoms with Crippen LogP contribution in [0.25, 0.3) is 0 Å². The summed E-state index contributed by atoms with van der Waals surface area (Å²) in [4.78, 5) is 13.4. The van der Waals surface area contributed by atoms with E-state index in [1.165, 1.54) is 0 Å². The molecule has 0 radical (unpaired) electrons. The van der Waals surface area contributed by atoms with Gasteiger partial charge in [-0.15, -0.1) is 21.5 Å². The van der Waals surface area contributed by atoms with Crippen LogP contribution in [0.1, 0.15) is 34.1 Å². The van der Waals surface area contributed by atoms with Crippen LogP contribution >= 0.6 is 23.1 Å². The molecule has 2 heterocycles. The van der Waals surface area contributed by atoms with Crippen molar-refractivity contribution in [2.75, 3.05) is 0 Å². The number of amides is 1. The van der Waals surface area contributed by atoms with E-state index >= 15 is 0 Å². The van der Waals surface area contributed by atoms with Crippen LogP contribution < -0.4 is 5.43 Å². The first-order valence-corrected chi connectivity index (χ1v) is 10.0. The van der Waals surface area contributed by atoms with Gasteiger partial charge in [0.25, 0.3) is 5.91 Å². The third kappa shape index (κ3) is 4.59. The molecular weight excluding hydrogens is 366 g/mol. The lowest BCUT2D eigenvalue weighted by atomic mass is 10.1. The Bertz CT molecular complexity index is 885. The molecule has 1 N–H and O–H groups in total. The van der Waals surface area contributed by atoms with E-state index in [1.54, 1.807) is 29.4 Å². The fourth-order valence-corrected chi connectivity index (χ4v) is 3.87. The Morgan fingerprint density at radius 3 is 2.73 bits per heavy atom. The van der Waals surface area contributed by atoms with E-state index in [2.05, 4.69) is 20.7 Å². The molecule has 0 atom stereocenters. The van der Waals surface area contributed by atoms with Gasteiger partial charge in [0.1, 0.15) is 6.33 Å². The zero-order valence-electron chi connectivity index (χ0n) is 14.5. The predicted molar refractivity (Wildman–Crippen MR) is 106 cm³/mol. The standard InChI is InChI=1S/C18H19N5OS2/c1-3-15(16-5-4-10-25-16)20-21-17(24)14-8-6-13(7-9-14)11-26-18-22-19-12-23(18)2/h4-10,12H,3,11H2,1-2H3,(H,21,24)/b20-15-. The average molecular weight is 386 g/mol. The summed E-state index contributed by atoms with van der Waals surface area (Å²) in [6, 6.07) is 11.5. The molecule has 0 saturated heterocycles. The Hall–Kier alpha value is -2.45. The number of hydrogen-bond donors (Lipinski definition) is 1. The zero-order chi connectivity index (χ0) is 18.4. The number of rotatable bonds is 7. The largest absolute Gasteiger partial charge is 0.312 e. The molecule has 0 aliphatic carbocycles. The van der Waals surface area contributed by atoms with Crippen molar-refractivity contribution >= 4 is 34.7 Å². The van der Waals surface area contributed by atoms with Crippen LogP contribution in [-0.4, -0.2) is 26.4 Å². The number of carbonyl (C=O) groups is 1. The number of benzene rings is 1. The SMILES string of the molecule is CC/C(=N/NC(=O)c1ccc(CSc2nncn2C)cc1)c1cccs1. The molecule has 0 aliphatic rings. The molecule has 3 rings (SSSR count). The first kappa shape index (κ1) is 18.3. The summed E-state index contributed by atoms with van der Waals surface area (Å²) in [5.41, 5.74) is 5.23. The average Bonchev–Trinajstić information content (AvgIpc) is 3.33. The number of thiophene rings is 1. The summed E-state index contributed by atoms with van der Waals surface area (Å²) >= 11 is 3.22. The van der Waals surface area contributed by atoms with E-state index in [-0.39, 0.29) is 5.91 Å². The van der Waals surface area contributed by atoms with E-state index in [9.17, 15) is 4.79 Å². The van der Waals surface area contributed by atoms with E-state index in [1.807, 2.05) is 60.3 Å². The molecule has 1 amide bonds. The van der Waals surface area contributed by atoms with Gasteiger partial charge in [0.2, 0.25) is 0 Å². The molecule has 134 valence electrons. The van der Waals surface area contributed by atoms with Crippen LogP contribution in [0, 0.1) is 0 Å². The van der Waals surface area contributed by atoms with Gasteiger partial charge < -0.3 is 4.57 Å². The number of nitrogens with zero attached hydrogens (tertiary/aromatic N) is 4. The highest BCUT2D eigenvalue weighted by atomic mass is 32.2. The van der Waals surface area contributed by atoms with Crippen LogP contribution in [0.4, 0.5) is 0 Å². The van der Waals surface area contributed by atoms with Gasteiger partial charge in [-0.05, 0) is 35.6 Å². The Kier molecular flexibility index (Phi) is 6.19. The lowest BCUT2D eigenvalue weighted by Crippen LogP contribution is -2.19. The van der Waals surface area contributed by atoms with Crippen molar-refractivity contribution in [3.05, 3.63) is 64.1 Å². The second-order valence-corrected chi connectivity index (χ2v) is 7.43. The van der Waals surface area contributed by atoms with E-state index < -0.39 is 0 Å². The van der Waals surface area contributed by atoms with Gasteiger partial charge in [-0.2, -0.15) is 5.10 Å². The number of thioether (sulfide) groups is 1. The first-order valence-electron chi connectivity index (χ1n) is 8.14. The van der Waals surface area contributed by atoms with Gasteiger partial charge in [0, 0.05) is 18.4 Å². The maximum Gasteiger partial charge on any atom is 0.271 e.